The molecule has 0 aliphatic carbocycles. The number of ether oxygens (including phenoxy) is 1. The number of rotatable bonds is 4. The van der Waals surface area contributed by atoms with Crippen molar-refractivity contribution >= 4 is 22.5 Å². The molecule has 0 spiro atoms. The lowest BCUT2D eigenvalue weighted by Crippen LogP contribution is -2.19. The smallest absolute Gasteiger partial charge is 0.422 e. The minimum Gasteiger partial charge on any atom is -0.468 e. The molecular formula is C14H10ClF3N4O. The number of halogens is 4. The van der Waals surface area contributed by atoms with Gasteiger partial charge in [0, 0.05) is 24.7 Å². The van der Waals surface area contributed by atoms with E-state index in [9.17, 15) is 13.2 Å². The van der Waals surface area contributed by atoms with Crippen molar-refractivity contribution in [3.63, 3.8) is 0 Å². The molecule has 0 saturated heterocycles. The van der Waals surface area contributed by atoms with Gasteiger partial charge in [0.1, 0.15) is 5.15 Å². The van der Waals surface area contributed by atoms with Gasteiger partial charge in [-0.3, -0.25) is 4.68 Å². The number of alkyl halides is 3. The summed E-state index contributed by atoms with van der Waals surface area (Å²) < 4.78 is 42.4. The molecule has 120 valence electrons. The lowest BCUT2D eigenvalue weighted by atomic mass is 10.3. The molecule has 23 heavy (non-hydrogen) atoms. The SMILES string of the molecule is FC(F)(F)COc1ccc(Cn2cc3c(Cl)nccc3n2)cn1. The topological polar surface area (TPSA) is 52.8 Å². The van der Waals surface area contributed by atoms with Crippen LogP contribution in [0, 0.1) is 0 Å². The molecule has 5 nitrogen and oxygen atoms in total. The van der Waals surface area contributed by atoms with E-state index in [4.69, 9.17) is 11.6 Å². The van der Waals surface area contributed by atoms with Crippen molar-refractivity contribution in [1.82, 2.24) is 19.7 Å². The van der Waals surface area contributed by atoms with Crippen molar-refractivity contribution < 1.29 is 17.9 Å². The Hall–Kier alpha value is -2.35. The third-order valence-electron chi connectivity index (χ3n) is 2.96. The fourth-order valence-electron chi connectivity index (χ4n) is 1.97. The van der Waals surface area contributed by atoms with Gasteiger partial charge in [0.2, 0.25) is 5.88 Å². The van der Waals surface area contributed by atoms with Crippen LogP contribution in [-0.2, 0) is 6.54 Å². The van der Waals surface area contributed by atoms with Crippen LogP contribution in [0.3, 0.4) is 0 Å². The highest BCUT2D eigenvalue weighted by Crippen LogP contribution is 2.20. The van der Waals surface area contributed by atoms with E-state index in [1.54, 1.807) is 29.2 Å². The first-order chi connectivity index (χ1) is 10.9. The molecule has 0 aromatic carbocycles. The first-order valence-corrected chi connectivity index (χ1v) is 6.91. The van der Waals surface area contributed by atoms with Gasteiger partial charge in [-0.25, -0.2) is 9.97 Å². The van der Waals surface area contributed by atoms with Gasteiger partial charge in [-0.05, 0) is 11.6 Å². The molecule has 3 heterocycles. The van der Waals surface area contributed by atoms with Crippen LogP contribution in [0.5, 0.6) is 5.88 Å². The van der Waals surface area contributed by atoms with E-state index in [1.165, 1.54) is 12.3 Å². The van der Waals surface area contributed by atoms with Crippen LogP contribution in [0.25, 0.3) is 10.9 Å². The molecule has 0 aliphatic rings. The number of aromatic nitrogens is 4. The van der Waals surface area contributed by atoms with E-state index in [0.717, 1.165) is 10.9 Å². The van der Waals surface area contributed by atoms with E-state index < -0.39 is 12.8 Å². The van der Waals surface area contributed by atoms with Crippen LogP contribution in [0.15, 0.2) is 36.8 Å². The van der Waals surface area contributed by atoms with Crippen molar-refractivity contribution in [3.8, 4) is 5.88 Å². The Balaban J connectivity index is 1.71. The Morgan fingerprint density at radius 1 is 1.17 bits per heavy atom. The Morgan fingerprint density at radius 3 is 2.65 bits per heavy atom. The first kappa shape index (κ1) is 15.5. The first-order valence-electron chi connectivity index (χ1n) is 6.53. The summed E-state index contributed by atoms with van der Waals surface area (Å²) in [6, 6.07) is 4.76. The summed E-state index contributed by atoms with van der Waals surface area (Å²) in [7, 11) is 0. The number of hydrogen-bond acceptors (Lipinski definition) is 4. The number of nitrogens with zero attached hydrogens (tertiary/aromatic N) is 4. The van der Waals surface area contributed by atoms with Crippen molar-refractivity contribution in [3.05, 3.63) is 47.5 Å². The zero-order chi connectivity index (χ0) is 16.4. The van der Waals surface area contributed by atoms with Crippen LogP contribution in [0.4, 0.5) is 13.2 Å². The van der Waals surface area contributed by atoms with Crippen LogP contribution >= 0.6 is 11.6 Å². The summed E-state index contributed by atoms with van der Waals surface area (Å²) in [6.07, 6.45) is 0.371. The average molecular weight is 343 g/mol. The summed E-state index contributed by atoms with van der Waals surface area (Å²) >= 11 is 5.98. The van der Waals surface area contributed by atoms with Crippen LogP contribution in [0.2, 0.25) is 5.15 Å². The standard InChI is InChI=1S/C14H10ClF3N4O/c15-13-10-7-22(21-11(10)3-4-19-13)6-9-1-2-12(20-5-9)23-8-14(16,17)18/h1-5,7H,6,8H2. The molecule has 0 saturated carbocycles. The summed E-state index contributed by atoms with van der Waals surface area (Å²) in [5.74, 6) is -0.0797. The van der Waals surface area contributed by atoms with Gasteiger partial charge in [-0.2, -0.15) is 18.3 Å². The summed E-state index contributed by atoms with van der Waals surface area (Å²) in [4.78, 5) is 7.82. The predicted molar refractivity (Wildman–Crippen MR) is 77.4 cm³/mol. The molecule has 0 aliphatic heterocycles. The highest BCUT2D eigenvalue weighted by molar-refractivity contribution is 6.34. The van der Waals surface area contributed by atoms with E-state index in [0.29, 0.717) is 17.2 Å². The molecule has 3 aromatic heterocycles. The number of hydrogen-bond donors (Lipinski definition) is 0. The molecule has 0 atom stereocenters. The predicted octanol–water partition coefficient (Wildman–Crippen LogP) is 3.47. The van der Waals surface area contributed by atoms with Crippen LogP contribution in [0.1, 0.15) is 5.56 Å². The number of pyridine rings is 2. The fraction of sp³-hybridized carbons (Fsp3) is 0.214. The summed E-state index contributed by atoms with van der Waals surface area (Å²) in [5.41, 5.74) is 1.48. The second-order valence-electron chi connectivity index (χ2n) is 4.77. The third-order valence-corrected chi connectivity index (χ3v) is 3.26. The lowest BCUT2D eigenvalue weighted by molar-refractivity contribution is -0.154. The van der Waals surface area contributed by atoms with E-state index in [2.05, 4.69) is 19.8 Å². The molecule has 0 N–H and O–H groups in total. The van der Waals surface area contributed by atoms with Crippen molar-refractivity contribution in [1.29, 1.82) is 0 Å². The Kier molecular flexibility index (Phi) is 4.08. The zero-order valence-electron chi connectivity index (χ0n) is 11.6. The van der Waals surface area contributed by atoms with Gasteiger partial charge >= 0.3 is 6.18 Å². The van der Waals surface area contributed by atoms with Crippen molar-refractivity contribution in [2.45, 2.75) is 12.7 Å². The fourth-order valence-corrected chi connectivity index (χ4v) is 2.18. The van der Waals surface area contributed by atoms with Crippen LogP contribution < -0.4 is 4.74 Å². The lowest BCUT2D eigenvalue weighted by Gasteiger charge is -2.08. The number of fused-ring (bicyclic) bond motifs is 1. The molecule has 9 heteroatoms. The van der Waals surface area contributed by atoms with Gasteiger partial charge in [-0.1, -0.05) is 17.7 Å². The highest BCUT2D eigenvalue weighted by Gasteiger charge is 2.28. The minimum atomic E-state index is -4.39. The Morgan fingerprint density at radius 2 is 2.00 bits per heavy atom. The Labute approximate surface area is 133 Å². The second kappa shape index (κ2) is 6.04. The monoisotopic (exact) mass is 342 g/mol. The minimum absolute atomic E-state index is 0.0797. The third kappa shape index (κ3) is 3.89. The molecule has 0 unspecified atom stereocenters. The highest BCUT2D eigenvalue weighted by atomic mass is 35.5. The molecule has 3 rings (SSSR count). The van der Waals surface area contributed by atoms with Gasteiger partial charge in [0.25, 0.3) is 0 Å². The van der Waals surface area contributed by atoms with E-state index >= 15 is 0 Å². The zero-order valence-corrected chi connectivity index (χ0v) is 12.3. The summed E-state index contributed by atoms with van der Waals surface area (Å²) in [5, 5.41) is 5.44. The van der Waals surface area contributed by atoms with Crippen LogP contribution in [-0.4, -0.2) is 32.5 Å². The maximum absolute atomic E-state index is 12.1. The normalized spacial score (nSPS) is 11.8. The average Bonchev–Trinajstić information content (AvgIpc) is 2.90. The van der Waals surface area contributed by atoms with Gasteiger partial charge < -0.3 is 4.74 Å². The van der Waals surface area contributed by atoms with Gasteiger partial charge in [0.05, 0.1) is 17.4 Å². The Bertz CT molecular complexity index is 817. The van der Waals surface area contributed by atoms with Gasteiger partial charge in [0.15, 0.2) is 6.61 Å². The van der Waals surface area contributed by atoms with Crippen molar-refractivity contribution in [2.75, 3.05) is 6.61 Å². The van der Waals surface area contributed by atoms with Gasteiger partial charge in [-0.15, -0.1) is 0 Å². The van der Waals surface area contributed by atoms with Crippen molar-refractivity contribution in [2.24, 2.45) is 0 Å². The second-order valence-corrected chi connectivity index (χ2v) is 5.13. The quantitative estimate of drug-likeness (QED) is 0.681. The molecule has 0 radical (unpaired) electrons. The molecule has 0 amide bonds. The maximum atomic E-state index is 12.1. The molecule has 0 bridgehead atoms. The largest absolute Gasteiger partial charge is 0.468 e. The molecule has 3 aromatic rings. The molecular weight excluding hydrogens is 333 g/mol. The molecule has 0 fully saturated rings. The maximum Gasteiger partial charge on any atom is 0.422 e. The van der Waals surface area contributed by atoms with E-state index in [1.807, 2.05) is 0 Å². The van der Waals surface area contributed by atoms with E-state index in [-0.39, 0.29) is 5.88 Å². The summed E-state index contributed by atoms with van der Waals surface area (Å²) in [6.45, 7) is -0.965.